The van der Waals surface area contributed by atoms with Crippen LogP contribution in [0.3, 0.4) is 0 Å². The molecular weight excluding hydrogens is 300 g/mol. The molecule has 0 unspecified atom stereocenters. The third-order valence-corrected chi connectivity index (χ3v) is 4.36. The molecule has 0 radical (unpaired) electrons. The number of hydrogen-bond donors (Lipinski definition) is 0. The van der Waals surface area contributed by atoms with Crippen LogP contribution in [0.2, 0.25) is 0 Å². The topological polar surface area (TPSA) is 51.1 Å². The van der Waals surface area contributed by atoms with E-state index in [0.717, 1.165) is 39.9 Å². The predicted octanol–water partition coefficient (Wildman–Crippen LogP) is 4.95. The molecule has 0 bridgehead atoms. The number of nitriles is 1. The van der Waals surface area contributed by atoms with Crippen LogP contribution in [0.1, 0.15) is 12.5 Å². The molecule has 0 fully saturated rings. The summed E-state index contributed by atoms with van der Waals surface area (Å²) in [5.41, 5.74) is 3.25. The lowest BCUT2D eigenvalue weighted by Crippen LogP contribution is -1.97. The summed E-state index contributed by atoms with van der Waals surface area (Å²) in [4.78, 5) is 0. The maximum Gasteiger partial charge on any atom is 0.153 e. The largest absolute Gasteiger partial charge is 0.497 e. The average Bonchev–Trinajstić information content (AvgIpc) is 3.18. The maximum atomic E-state index is 9.75. The molecule has 0 N–H and O–H groups in total. The van der Waals surface area contributed by atoms with Crippen LogP contribution >= 0.6 is 0 Å². The Bertz CT molecular complexity index is 1060. The number of rotatable bonds is 3. The van der Waals surface area contributed by atoms with E-state index in [1.165, 1.54) is 0 Å². The first-order valence-corrected chi connectivity index (χ1v) is 7.86. The molecule has 2 aromatic carbocycles. The van der Waals surface area contributed by atoms with Crippen LogP contribution in [-0.2, 0) is 6.54 Å². The Balaban J connectivity index is 2.08. The third-order valence-electron chi connectivity index (χ3n) is 4.36. The molecule has 0 aliphatic carbocycles. The van der Waals surface area contributed by atoms with E-state index >= 15 is 0 Å². The first kappa shape index (κ1) is 14.4. The van der Waals surface area contributed by atoms with Crippen LogP contribution in [0.15, 0.2) is 52.9 Å². The lowest BCUT2D eigenvalue weighted by Gasteiger charge is -2.06. The smallest absolute Gasteiger partial charge is 0.153 e. The summed E-state index contributed by atoms with van der Waals surface area (Å²) in [6.45, 7) is 2.80. The van der Waals surface area contributed by atoms with Gasteiger partial charge in [-0.2, -0.15) is 5.26 Å². The lowest BCUT2D eigenvalue weighted by atomic mass is 10.1. The van der Waals surface area contributed by atoms with Gasteiger partial charge in [0.2, 0.25) is 0 Å². The van der Waals surface area contributed by atoms with Gasteiger partial charge in [-0.15, -0.1) is 0 Å². The number of ether oxygens (including phenoxy) is 1. The first-order valence-electron chi connectivity index (χ1n) is 7.86. The van der Waals surface area contributed by atoms with Crippen molar-refractivity contribution in [2.24, 2.45) is 0 Å². The molecule has 0 spiro atoms. The molecular formula is C20H16N2O2. The van der Waals surface area contributed by atoms with Crippen LogP contribution in [0.25, 0.3) is 33.3 Å². The number of hydrogen-bond acceptors (Lipinski definition) is 3. The zero-order chi connectivity index (χ0) is 16.7. The highest BCUT2D eigenvalue weighted by atomic mass is 16.5. The second-order valence-corrected chi connectivity index (χ2v) is 5.61. The summed E-state index contributed by atoms with van der Waals surface area (Å²) in [7, 11) is 1.64. The van der Waals surface area contributed by atoms with Crippen LogP contribution in [0.5, 0.6) is 5.75 Å². The van der Waals surface area contributed by atoms with Gasteiger partial charge >= 0.3 is 0 Å². The van der Waals surface area contributed by atoms with Crippen molar-refractivity contribution in [1.29, 1.82) is 5.26 Å². The third kappa shape index (κ3) is 1.99. The van der Waals surface area contributed by atoms with E-state index < -0.39 is 0 Å². The molecule has 0 aliphatic rings. The van der Waals surface area contributed by atoms with Crippen LogP contribution < -0.4 is 4.74 Å². The van der Waals surface area contributed by atoms with Crippen molar-refractivity contribution >= 4 is 21.9 Å². The number of nitrogens with zero attached hydrogens (tertiary/aromatic N) is 2. The fraction of sp³-hybridized carbons (Fsp3) is 0.150. The van der Waals surface area contributed by atoms with Gasteiger partial charge in [0.25, 0.3) is 0 Å². The van der Waals surface area contributed by atoms with Gasteiger partial charge in [0.15, 0.2) is 5.76 Å². The SMILES string of the molecule is CCn1c(-c2cc3ccccc3o2)c(C#N)c2ccc(OC)cc21. The summed E-state index contributed by atoms with van der Waals surface area (Å²) in [6, 6.07) is 18.0. The molecule has 0 amide bonds. The Morgan fingerprint density at radius 1 is 1.17 bits per heavy atom. The van der Waals surface area contributed by atoms with Gasteiger partial charge in [-0.25, -0.2) is 0 Å². The van der Waals surface area contributed by atoms with Gasteiger partial charge in [-0.1, -0.05) is 18.2 Å². The second kappa shape index (κ2) is 5.47. The summed E-state index contributed by atoms with van der Waals surface area (Å²) >= 11 is 0. The number of fused-ring (bicyclic) bond motifs is 2. The number of para-hydroxylation sites is 1. The number of aromatic nitrogens is 1. The quantitative estimate of drug-likeness (QED) is 0.537. The Hall–Kier alpha value is -3.19. The van der Waals surface area contributed by atoms with Crippen molar-refractivity contribution in [2.75, 3.05) is 7.11 Å². The fourth-order valence-corrected chi connectivity index (χ4v) is 3.25. The van der Waals surface area contributed by atoms with Crippen LogP contribution in [0.4, 0.5) is 0 Å². The van der Waals surface area contributed by atoms with Gasteiger partial charge in [0.1, 0.15) is 23.1 Å². The Morgan fingerprint density at radius 2 is 2.00 bits per heavy atom. The van der Waals surface area contributed by atoms with Crippen molar-refractivity contribution in [3.63, 3.8) is 0 Å². The van der Waals surface area contributed by atoms with Crippen LogP contribution in [-0.4, -0.2) is 11.7 Å². The maximum absolute atomic E-state index is 9.75. The molecule has 0 saturated carbocycles. The van der Waals surface area contributed by atoms with E-state index in [1.807, 2.05) is 48.5 Å². The minimum atomic E-state index is 0.633. The van der Waals surface area contributed by atoms with Gasteiger partial charge in [0, 0.05) is 23.4 Å². The molecule has 4 nitrogen and oxygen atoms in total. The molecule has 2 heterocycles. The van der Waals surface area contributed by atoms with E-state index in [4.69, 9.17) is 9.15 Å². The number of methoxy groups -OCH3 is 1. The molecule has 4 aromatic rings. The highest BCUT2D eigenvalue weighted by Crippen LogP contribution is 2.37. The minimum absolute atomic E-state index is 0.633. The average molecular weight is 316 g/mol. The Labute approximate surface area is 139 Å². The van der Waals surface area contributed by atoms with E-state index in [-0.39, 0.29) is 0 Å². The summed E-state index contributed by atoms with van der Waals surface area (Å²) in [5, 5.41) is 11.7. The van der Waals surface area contributed by atoms with E-state index in [1.54, 1.807) is 7.11 Å². The van der Waals surface area contributed by atoms with Gasteiger partial charge < -0.3 is 13.7 Å². The summed E-state index contributed by atoms with van der Waals surface area (Å²) < 4.78 is 13.5. The zero-order valence-electron chi connectivity index (χ0n) is 13.5. The lowest BCUT2D eigenvalue weighted by molar-refractivity contribution is 0.415. The van der Waals surface area contributed by atoms with Crippen LogP contribution in [0, 0.1) is 11.3 Å². The van der Waals surface area contributed by atoms with E-state index in [9.17, 15) is 5.26 Å². The molecule has 0 saturated heterocycles. The molecule has 24 heavy (non-hydrogen) atoms. The highest BCUT2D eigenvalue weighted by molar-refractivity contribution is 5.96. The molecule has 2 aromatic heterocycles. The normalized spacial score (nSPS) is 11.0. The zero-order valence-corrected chi connectivity index (χ0v) is 13.5. The van der Waals surface area contributed by atoms with Gasteiger partial charge in [-0.3, -0.25) is 0 Å². The van der Waals surface area contributed by atoms with E-state index in [2.05, 4.69) is 17.6 Å². The molecule has 118 valence electrons. The first-order chi connectivity index (χ1) is 11.8. The van der Waals surface area contributed by atoms with Crippen molar-refractivity contribution in [1.82, 2.24) is 4.57 Å². The summed E-state index contributed by atoms with van der Waals surface area (Å²) in [6.07, 6.45) is 0. The van der Waals surface area contributed by atoms with Crippen molar-refractivity contribution in [3.05, 3.63) is 54.1 Å². The van der Waals surface area contributed by atoms with Crippen molar-refractivity contribution in [3.8, 4) is 23.3 Å². The Morgan fingerprint density at radius 3 is 2.71 bits per heavy atom. The number of aryl methyl sites for hydroxylation is 1. The van der Waals surface area contributed by atoms with Crippen molar-refractivity contribution < 1.29 is 9.15 Å². The Kier molecular flexibility index (Phi) is 3.28. The molecule has 4 heteroatoms. The monoisotopic (exact) mass is 316 g/mol. The number of benzene rings is 2. The standard InChI is InChI=1S/C20H16N2O2/c1-3-22-17-11-14(23-2)8-9-15(17)16(12-21)20(22)19-10-13-6-4-5-7-18(13)24-19/h4-11H,3H2,1-2H3. The number of furan rings is 1. The van der Waals surface area contributed by atoms with Gasteiger partial charge in [-0.05, 0) is 31.2 Å². The minimum Gasteiger partial charge on any atom is -0.497 e. The van der Waals surface area contributed by atoms with E-state index in [0.29, 0.717) is 11.3 Å². The predicted molar refractivity (Wildman–Crippen MR) is 94.1 cm³/mol. The summed E-state index contributed by atoms with van der Waals surface area (Å²) in [5.74, 6) is 1.49. The molecule has 0 aliphatic heterocycles. The van der Waals surface area contributed by atoms with Crippen molar-refractivity contribution in [2.45, 2.75) is 13.5 Å². The highest BCUT2D eigenvalue weighted by Gasteiger charge is 2.21. The molecule has 0 atom stereocenters. The second-order valence-electron chi connectivity index (χ2n) is 5.61. The van der Waals surface area contributed by atoms with Gasteiger partial charge in [0.05, 0.1) is 18.2 Å². The fourth-order valence-electron chi connectivity index (χ4n) is 3.25. The molecule has 4 rings (SSSR count).